The minimum atomic E-state index is -0.0759. The molecule has 2 aliphatic heterocycles. The lowest BCUT2D eigenvalue weighted by atomic mass is 9.99. The van der Waals surface area contributed by atoms with Crippen LogP contribution in [-0.4, -0.2) is 37.2 Å². The third-order valence-electron chi connectivity index (χ3n) is 5.67. The molecule has 0 radical (unpaired) electrons. The van der Waals surface area contributed by atoms with Gasteiger partial charge in [-0.05, 0) is 55.2 Å². The first-order valence-electron chi connectivity index (χ1n) is 10.3. The van der Waals surface area contributed by atoms with E-state index in [-0.39, 0.29) is 18.2 Å². The molecule has 5 nitrogen and oxygen atoms in total. The highest BCUT2D eigenvalue weighted by Crippen LogP contribution is 2.35. The van der Waals surface area contributed by atoms with Crippen LogP contribution in [0.25, 0.3) is 0 Å². The quantitative estimate of drug-likeness (QED) is 0.796. The van der Waals surface area contributed by atoms with Crippen LogP contribution in [0.5, 0.6) is 0 Å². The molecule has 0 bridgehead atoms. The molecule has 0 aromatic heterocycles. The Labute approximate surface area is 176 Å². The number of anilines is 3. The SMILES string of the molecule is CC1CCN(c2ccc(NC(=O)CCN3C(=O)CSc4ccccc43)cc2)CC1. The van der Waals surface area contributed by atoms with Crippen molar-refractivity contribution in [2.75, 3.05) is 40.5 Å². The highest BCUT2D eigenvalue weighted by molar-refractivity contribution is 8.00. The monoisotopic (exact) mass is 409 g/mol. The third kappa shape index (κ3) is 4.75. The zero-order chi connectivity index (χ0) is 20.2. The summed E-state index contributed by atoms with van der Waals surface area (Å²) in [5.41, 5.74) is 2.91. The highest BCUT2D eigenvalue weighted by Gasteiger charge is 2.24. The molecule has 2 aliphatic rings. The Balaban J connectivity index is 1.32. The average Bonchev–Trinajstić information content (AvgIpc) is 2.74. The number of thioether (sulfide) groups is 1. The molecule has 6 heteroatoms. The maximum Gasteiger partial charge on any atom is 0.237 e. The van der Waals surface area contributed by atoms with Gasteiger partial charge >= 0.3 is 0 Å². The maximum absolute atomic E-state index is 12.4. The van der Waals surface area contributed by atoms with Crippen LogP contribution in [0, 0.1) is 5.92 Å². The van der Waals surface area contributed by atoms with Crippen molar-refractivity contribution in [3.8, 4) is 0 Å². The van der Waals surface area contributed by atoms with Crippen LogP contribution in [0.4, 0.5) is 17.1 Å². The summed E-state index contributed by atoms with van der Waals surface area (Å²) < 4.78 is 0. The van der Waals surface area contributed by atoms with Gasteiger partial charge in [0.2, 0.25) is 11.8 Å². The van der Waals surface area contributed by atoms with Gasteiger partial charge in [-0.15, -0.1) is 11.8 Å². The minimum absolute atomic E-state index is 0.0571. The second-order valence-corrected chi connectivity index (χ2v) is 8.83. The average molecular weight is 410 g/mol. The van der Waals surface area contributed by atoms with Crippen molar-refractivity contribution in [1.82, 2.24) is 0 Å². The van der Waals surface area contributed by atoms with E-state index in [1.54, 1.807) is 16.7 Å². The Bertz CT molecular complexity index is 876. The molecule has 1 N–H and O–H groups in total. The number of fused-ring (bicyclic) bond motifs is 1. The number of carbonyl (C=O) groups excluding carboxylic acids is 2. The van der Waals surface area contributed by atoms with Gasteiger partial charge in [0.05, 0.1) is 11.4 Å². The molecule has 4 rings (SSSR count). The summed E-state index contributed by atoms with van der Waals surface area (Å²) in [7, 11) is 0. The third-order valence-corrected chi connectivity index (χ3v) is 6.72. The number of para-hydroxylation sites is 1. The van der Waals surface area contributed by atoms with E-state index in [1.165, 1.54) is 18.5 Å². The molecule has 0 unspecified atom stereocenters. The van der Waals surface area contributed by atoms with E-state index < -0.39 is 0 Å². The smallest absolute Gasteiger partial charge is 0.237 e. The number of amides is 2. The van der Waals surface area contributed by atoms with Crippen LogP contribution in [0.15, 0.2) is 53.4 Å². The van der Waals surface area contributed by atoms with Gasteiger partial charge in [0, 0.05) is 42.3 Å². The van der Waals surface area contributed by atoms with Crippen LogP contribution in [-0.2, 0) is 9.59 Å². The number of hydrogen-bond donors (Lipinski definition) is 1. The van der Waals surface area contributed by atoms with Gasteiger partial charge in [0.1, 0.15) is 0 Å². The van der Waals surface area contributed by atoms with Crippen LogP contribution in [0.3, 0.4) is 0 Å². The molecule has 2 aromatic rings. The van der Waals surface area contributed by atoms with E-state index in [9.17, 15) is 9.59 Å². The fourth-order valence-electron chi connectivity index (χ4n) is 3.86. The number of benzene rings is 2. The van der Waals surface area contributed by atoms with E-state index in [2.05, 4.69) is 29.3 Å². The van der Waals surface area contributed by atoms with E-state index >= 15 is 0 Å². The van der Waals surface area contributed by atoms with Gasteiger partial charge in [-0.2, -0.15) is 0 Å². The fraction of sp³-hybridized carbons (Fsp3) is 0.391. The highest BCUT2D eigenvalue weighted by atomic mass is 32.2. The van der Waals surface area contributed by atoms with E-state index in [1.807, 2.05) is 36.4 Å². The molecule has 0 spiro atoms. The molecule has 1 saturated heterocycles. The van der Waals surface area contributed by atoms with Gasteiger partial charge in [-0.3, -0.25) is 9.59 Å². The first kappa shape index (κ1) is 19.8. The van der Waals surface area contributed by atoms with Gasteiger partial charge in [0.15, 0.2) is 0 Å². The number of hydrogen-bond acceptors (Lipinski definition) is 4. The van der Waals surface area contributed by atoms with Crippen molar-refractivity contribution in [2.45, 2.75) is 31.1 Å². The predicted octanol–water partition coefficient (Wildman–Crippen LogP) is 4.39. The van der Waals surface area contributed by atoms with Crippen LogP contribution in [0.2, 0.25) is 0 Å². The molecule has 0 saturated carbocycles. The van der Waals surface area contributed by atoms with Crippen molar-refractivity contribution < 1.29 is 9.59 Å². The number of nitrogens with one attached hydrogen (secondary N) is 1. The van der Waals surface area contributed by atoms with Crippen molar-refractivity contribution >= 4 is 40.6 Å². The topological polar surface area (TPSA) is 52.7 Å². The summed E-state index contributed by atoms with van der Waals surface area (Å²) in [6, 6.07) is 15.9. The predicted molar refractivity (Wildman–Crippen MR) is 120 cm³/mol. The van der Waals surface area contributed by atoms with Crippen molar-refractivity contribution in [3.63, 3.8) is 0 Å². The molecule has 0 aliphatic carbocycles. The van der Waals surface area contributed by atoms with E-state index in [0.29, 0.717) is 12.3 Å². The Morgan fingerprint density at radius 3 is 2.59 bits per heavy atom. The summed E-state index contributed by atoms with van der Waals surface area (Å²) >= 11 is 1.55. The standard InChI is InChI=1S/C23H27N3O2S/c1-17-10-13-25(14-11-17)19-8-6-18(7-9-19)24-22(27)12-15-26-20-4-2-3-5-21(20)29-16-23(26)28/h2-9,17H,10-16H2,1H3,(H,24,27). The summed E-state index contributed by atoms with van der Waals surface area (Å²) in [6.45, 7) is 4.89. The largest absolute Gasteiger partial charge is 0.372 e. The lowest BCUT2D eigenvalue weighted by molar-refractivity contribution is -0.117. The number of piperidine rings is 1. The van der Waals surface area contributed by atoms with Crippen molar-refractivity contribution in [3.05, 3.63) is 48.5 Å². The Kier molecular flexibility index (Phi) is 6.09. The number of rotatable bonds is 5. The number of carbonyl (C=O) groups is 2. The fourth-order valence-corrected chi connectivity index (χ4v) is 4.79. The second-order valence-electron chi connectivity index (χ2n) is 7.82. The molecule has 2 heterocycles. The maximum atomic E-state index is 12.4. The minimum Gasteiger partial charge on any atom is -0.372 e. The Morgan fingerprint density at radius 2 is 1.83 bits per heavy atom. The first-order valence-corrected chi connectivity index (χ1v) is 11.3. The number of nitrogens with zero attached hydrogens (tertiary/aromatic N) is 2. The summed E-state index contributed by atoms with van der Waals surface area (Å²) in [6.07, 6.45) is 2.74. The van der Waals surface area contributed by atoms with Gasteiger partial charge < -0.3 is 15.1 Å². The molecule has 2 amide bonds. The van der Waals surface area contributed by atoms with Gasteiger partial charge in [-0.25, -0.2) is 0 Å². The molecular weight excluding hydrogens is 382 g/mol. The second kappa shape index (κ2) is 8.91. The molecule has 152 valence electrons. The van der Waals surface area contributed by atoms with Crippen molar-refractivity contribution in [1.29, 1.82) is 0 Å². The zero-order valence-electron chi connectivity index (χ0n) is 16.8. The molecule has 29 heavy (non-hydrogen) atoms. The van der Waals surface area contributed by atoms with Crippen LogP contribution in [0.1, 0.15) is 26.2 Å². The molecule has 0 atom stereocenters. The normalized spacial score (nSPS) is 17.2. The summed E-state index contributed by atoms with van der Waals surface area (Å²) in [5.74, 6) is 1.21. The summed E-state index contributed by atoms with van der Waals surface area (Å²) in [5, 5.41) is 2.96. The van der Waals surface area contributed by atoms with Crippen molar-refractivity contribution in [2.24, 2.45) is 5.92 Å². The Hall–Kier alpha value is -2.47. The lowest BCUT2D eigenvalue weighted by Gasteiger charge is -2.32. The molecule has 2 aromatic carbocycles. The summed E-state index contributed by atoms with van der Waals surface area (Å²) in [4.78, 5) is 30.0. The van der Waals surface area contributed by atoms with Crippen LogP contribution >= 0.6 is 11.8 Å². The Morgan fingerprint density at radius 1 is 1.10 bits per heavy atom. The molecule has 1 fully saturated rings. The van der Waals surface area contributed by atoms with E-state index in [0.717, 1.165) is 35.3 Å². The molecular formula is C23H27N3O2S. The first-order chi connectivity index (χ1) is 14.1. The van der Waals surface area contributed by atoms with Crippen LogP contribution < -0.4 is 15.1 Å². The zero-order valence-corrected chi connectivity index (χ0v) is 17.6. The van der Waals surface area contributed by atoms with Gasteiger partial charge in [-0.1, -0.05) is 19.1 Å². The van der Waals surface area contributed by atoms with Gasteiger partial charge in [0.25, 0.3) is 0 Å². The van der Waals surface area contributed by atoms with E-state index in [4.69, 9.17) is 0 Å². The lowest BCUT2D eigenvalue weighted by Crippen LogP contribution is -2.37.